The first-order valence-electron chi connectivity index (χ1n) is 4.72. The van der Waals surface area contributed by atoms with Crippen molar-refractivity contribution >= 4 is 11.8 Å². The fourth-order valence-electron chi connectivity index (χ4n) is 1.35. The zero-order valence-electron chi connectivity index (χ0n) is 9.05. The second-order valence-electron chi connectivity index (χ2n) is 3.30. The number of nitrogens with zero attached hydrogens (tertiary/aromatic N) is 1. The Labute approximate surface area is 92.3 Å². The smallest absolute Gasteiger partial charge is 0.297 e. The van der Waals surface area contributed by atoms with Crippen molar-refractivity contribution in [1.82, 2.24) is 0 Å². The van der Waals surface area contributed by atoms with Gasteiger partial charge in [0.2, 0.25) is 0 Å². The van der Waals surface area contributed by atoms with Gasteiger partial charge >= 0.3 is 6.18 Å². The molecule has 0 aliphatic rings. The van der Waals surface area contributed by atoms with Crippen LogP contribution in [0.3, 0.4) is 0 Å². The third kappa shape index (κ3) is 2.95. The van der Waals surface area contributed by atoms with Gasteiger partial charge in [-0.1, -0.05) is 18.2 Å². The average Bonchev–Trinajstić information content (AvgIpc) is 2.24. The van der Waals surface area contributed by atoms with Crippen LogP contribution < -0.4 is 0 Å². The Bertz CT molecular complexity index is 417. The summed E-state index contributed by atoms with van der Waals surface area (Å²) in [6.45, 7) is 1.63. The Hall–Kier alpha value is -1.58. The van der Waals surface area contributed by atoms with Crippen LogP contribution in [0, 0.1) is 0 Å². The van der Waals surface area contributed by atoms with Gasteiger partial charge < -0.3 is 0 Å². The monoisotopic (exact) mass is 227 g/mol. The van der Waals surface area contributed by atoms with E-state index in [1.807, 2.05) is 0 Å². The lowest BCUT2D eigenvalue weighted by Gasteiger charge is -2.12. The third-order valence-electron chi connectivity index (χ3n) is 2.13. The molecule has 0 saturated carbocycles. The summed E-state index contributed by atoms with van der Waals surface area (Å²) < 4.78 is 38.0. The summed E-state index contributed by atoms with van der Waals surface area (Å²) in [5.74, 6) is 0. The maximum atomic E-state index is 12.7. The summed E-state index contributed by atoms with van der Waals surface area (Å²) in [4.78, 5) is 3.71. The maximum Gasteiger partial charge on any atom is 0.416 e. The van der Waals surface area contributed by atoms with Crippen LogP contribution in [0.15, 0.2) is 35.3 Å². The lowest BCUT2D eigenvalue weighted by molar-refractivity contribution is -0.137. The summed E-state index contributed by atoms with van der Waals surface area (Å²) in [7, 11) is 1.57. The zero-order chi connectivity index (χ0) is 12.2. The predicted octanol–water partition coefficient (Wildman–Crippen LogP) is 3.81. The summed E-state index contributed by atoms with van der Waals surface area (Å²) in [5, 5.41) is 0. The van der Waals surface area contributed by atoms with Crippen molar-refractivity contribution in [2.45, 2.75) is 13.1 Å². The Morgan fingerprint density at radius 2 is 1.88 bits per heavy atom. The zero-order valence-corrected chi connectivity index (χ0v) is 9.05. The minimum absolute atomic E-state index is 0.190. The fourth-order valence-corrected chi connectivity index (χ4v) is 1.35. The van der Waals surface area contributed by atoms with Crippen molar-refractivity contribution in [2.75, 3.05) is 7.05 Å². The molecule has 86 valence electrons. The van der Waals surface area contributed by atoms with Crippen LogP contribution in [-0.4, -0.2) is 13.3 Å². The van der Waals surface area contributed by atoms with Gasteiger partial charge in [0.15, 0.2) is 0 Å². The van der Waals surface area contributed by atoms with E-state index in [-0.39, 0.29) is 5.56 Å². The molecule has 0 unspecified atom stereocenters. The molecule has 4 heteroatoms. The van der Waals surface area contributed by atoms with Crippen molar-refractivity contribution < 1.29 is 13.2 Å². The van der Waals surface area contributed by atoms with Crippen LogP contribution in [-0.2, 0) is 6.18 Å². The van der Waals surface area contributed by atoms with E-state index in [1.165, 1.54) is 18.3 Å². The Morgan fingerprint density at radius 3 is 2.44 bits per heavy atom. The number of halogens is 3. The summed E-state index contributed by atoms with van der Waals surface area (Å²) in [6, 6.07) is 5.51. The molecule has 0 bridgehead atoms. The molecule has 0 spiro atoms. The largest absolute Gasteiger partial charge is 0.416 e. The third-order valence-corrected chi connectivity index (χ3v) is 2.13. The van der Waals surface area contributed by atoms with Crippen LogP contribution in [0.2, 0.25) is 0 Å². The molecule has 1 rings (SSSR count). The second kappa shape index (κ2) is 4.96. The van der Waals surface area contributed by atoms with E-state index < -0.39 is 11.7 Å². The lowest BCUT2D eigenvalue weighted by Crippen LogP contribution is -2.08. The van der Waals surface area contributed by atoms with Gasteiger partial charge in [0.1, 0.15) is 0 Å². The highest BCUT2D eigenvalue weighted by molar-refractivity contribution is 5.84. The second-order valence-corrected chi connectivity index (χ2v) is 3.30. The Kier molecular flexibility index (Phi) is 3.88. The molecule has 1 aromatic rings. The van der Waals surface area contributed by atoms with Crippen LogP contribution >= 0.6 is 0 Å². The van der Waals surface area contributed by atoms with Gasteiger partial charge in [-0.3, -0.25) is 4.99 Å². The van der Waals surface area contributed by atoms with E-state index in [4.69, 9.17) is 0 Å². The Balaban J connectivity index is 3.24. The van der Waals surface area contributed by atoms with E-state index >= 15 is 0 Å². The molecule has 0 aliphatic heterocycles. The van der Waals surface area contributed by atoms with Crippen LogP contribution in [0.4, 0.5) is 13.2 Å². The first-order chi connectivity index (χ1) is 7.46. The van der Waals surface area contributed by atoms with E-state index in [2.05, 4.69) is 4.99 Å². The van der Waals surface area contributed by atoms with Crippen LogP contribution in [0.25, 0.3) is 5.57 Å². The molecule has 1 aromatic carbocycles. The number of aliphatic imine (C=N–C) groups is 1. The quantitative estimate of drug-likeness (QED) is 0.681. The van der Waals surface area contributed by atoms with Crippen molar-refractivity contribution in [3.63, 3.8) is 0 Å². The molecule has 0 N–H and O–H groups in total. The molecule has 0 atom stereocenters. The number of hydrogen-bond donors (Lipinski definition) is 0. The summed E-state index contributed by atoms with van der Waals surface area (Å²) >= 11 is 0. The average molecular weight is 227 g/mol. The number of rotatable bonds is 2. The number of benzene rings is 1. The van der Waals surface area contributed by atoms with Crippen LogP contribution in [0.5, 0.6) is 0 Å². The van der Waals surface area contributed by atoms with Gasteiger partial charge in [0.25, 0.3) is 0 Å². The van der Waals surface area contributed by atoms with Gasteiger partial charge in [-0.2, -0.15) is 13.2 Å². The molecular formula is C12H12F3N. The molecule has 0 saturated heterocycles. The first-order valence-corrected chi connectivity index (χ1v) is 4.72. The van der Waals surface area contributed by atoms with Crippen molar-refractivity contribution in [2.24, 2.45) is 4.99 Å². The van der Waals surface area contributed by atoms with E-state index in [0.717, 1.165) is 6.07 Å². The SMILES string of the molecule is C/N=C\C=C(/C)c1ccccc1C(F)(F)F. The van der Waals surface area contributed by atoms with E-state index in [9.17, 15) is 13.2 Å². The first kappa shape index (κ1) is 12.5. The summed E-state index contributed by atoms with van der Waals surface area (Å²) in [6.07, 6.45) is -1.29. The van der Waals surface area contributed by atoms with Crippen molar-refractivity contribution in [3.05, 3.63) is 41.5 Å². The molecule has 1 nitrogen and oxygen atoms in total. The molecule has 16 heavy (non-hydrogen) atoms. The highest BCUT2D eigenvalue weighted by atomic mass is 19.4. The molecular weight excluding hydrogens is 215 g/mol. The molecule has 0 heterocycles. The molecule has 0 radical (unpaired) electrons. The Morgan fingerprint density at radius 1 is 1.25 bits per heavy atom. The van der Waals surface area contributed by atoms with E-state index in [1.54, 1.807) is 26.1 Å². The molecule has 0 aliphatic carbocycles. The lowest BCUT2D eigenvalue weighted by atomic mass is 10.0. The topological polar surface area (TPSA) is 12.4 Å². The number of hydrogen-bond acceptors (Lipinski definition) is 1. The van der Waals surface area contributed by atoms with Gasteiger partial charge in [-0.05, 0) is 30.2 Å². The normalized spacial score (nSPS) is 13.4. The predicted molar refractivity (Wildman–Crippen MR) is 59.5 cm³/mol. The van der Waals surface area contributed by atoms with E-state index in [0.29, 0.717) is 5.57 Å². The maximum absolute atomic E-state index is 12.7. The highest BCUT2D eigenvalue weighted by Crippen LogP contribution is 2.34. The molecule has 0 amide bonds. The number of allylic oxidation sites excluding steroid dienone is 2. The van der Waals surface area contributed by atoms with Gasteiger partial charge in [-0.15, -0.1) is 0 Å². The standard InChI is InChI=1S/C12H12F3N/c1-9(7-8-16-2)10-5-3-4-6-11(10)12(13,14)15/h3-8H,1-2H3/b9-7+,16-8-. The van der Waals surface area contributed by atoms with Gasteiger partial charge in [-0.25, -0.2) is 0 Å². The van der Waals surface area contributed by atoms with Gasteiger partial charge in [0.05, 0.1) is 5.56 Å². The summed E-state index contributed by atoms with van der Waals surface area (Å²) in [5.41, 5.74) is 0.113. The highest BCUT2D eigenvalue weighted by Gasteiger charge is 2.33. The fraction of sp³-hybridized carbons (Fsp3) is 0.250. The van der Waals surface area contributed by atoms with Crippen molar-refractivity contribution in [1.29, 1.82) is 0 Å². The molecule has 0 aromatic heterocycles. The molecule has 0 fully saturated rings. The van der Waals surface area contributed by atoms with Crippen LogP contribution in [0.1, 0.15) is 18.1 Å². The van der Waals surface area contributed by atoms with Crippen molar-refractivity contribution in [3.8, 4) is 0 Å². The minimum atomic E-state index is -4.32. The minimum Gasteiger partial charge on any atom is -0.297 e. The van der Waals surface area contributed by atoms with Gasteiger partial charge in [0, 0.05) is 13.3 Å². The number of alkyl halides is 3.